The predicted molar refractivity (Wildman–Crippen MR) is 78.4 cm³/mol. The number of nitrogen functional groups attached to an aromatic ring is 1. The van der Waals surface area contributed by atoms with Crippen molar-refractivity contribution in [3.63, 3.8) is 0 Å². The van der Waals surface area contributed by atoms with Gasteiger partial charge in [-0.25, -0.2) is 0 Å². The monoisotopic (exact) mass is 277 g/mol. The molecule has 1 saturated carbocycles. The Morgan fingerprint density at radius 2 is 1.60 bits per heavy atom. The van der Waals surface area contributed by atoms with Crippen molar-refractivity contribution < 1.29 is 14.2 Å². The average molecular weight is 277 g/mol. The maximum atomic E-state index is 6.13. The Labute approximate surface area is 120 Å². The summed E-state index contributed by atoms with van der Waals surface area (Å²) in [6.45, 7) is 5.73. The van der Waals surface area contributed by atoms with Crippen molar-refractivity contribution in [2.45, 2.75) is 39.2 Å². The minimum Gasteiger partial charge on any atom is -0.488 e. The topological polar surface area (TPSA) is 53.7 Å². The van der Waals surface area contributed by atoms with Gasteiger partial charge in [0.2, 0.25) is 0 Å². The average Bonchev–Trinajstić information content (AvgIpc) is 2.38. The zero-order valence-electron chi connectivity index (χ0n) is 12.2. The van der Waals surface area contributed by atoms with E-state index in [2.05, 4.69) is 13.8 Å². The number of rotatable bonds is 2. The van der Waals surface area contributed by atoms with Gasteiger partial charge in [0.15, 0.2) is 11.5 Å². The smallest absolute Gasteiger partial charge is 0.165 e. The summed E-state index contributed by atoms with van der Waals surface area (Å²) in [4.78, 5) is 0. The molecule has 20 heavy (non-hydrogen) atoms. The number of hydrogen-bond donors (Lipinski definition) is 1. The molecule has 3 rings (SSSR count). The number of fused-ring (bicyclic) bond motifs is 1. The van der Waals surface area contributed by atoms with Gasteiger partial charge < -0.3 is 19.9 Å². The van der Waals surface area contributed by atoms with Crippen LogP contribution in [0.4, 0.5) is 5.69 Å². The molecule has 0 saturated heterocycles. The third kappa shape index (κ3) is 2.79. The van der Waals surface area contributed by atoms with Crippen molar-refractivity contribution in [1.82, 2.24) is 0 Å². The molecule has 2 unspecified atom stereocenters. The highest BCUT2D eigenvalue weighted by atomic mass is 16.6. The Bertz CT molecular complexity index is 479. The van der Waals surface area contributed by atoms with Crippen LogP contribution in [0.1, 0.15) is 33.1 Å². The molecule has 0 aromatic heterocycles. The molecule has 1 fully saturated rings. The second kappa shape index (κ2) is 5.43. The molecule has 0 bridgehead atoms. The quantitative estimate of drug-likeness (QED) is 0.843. The van der Waals surface area contributed by atoms with Gasteiger partial charge in [-0.15, -0.1) is 0 Å². The molecular formula is C16H23NO3. The summed E-state index contributed by atoms with van der Waals surface area (Å²) in [5, 5.41) is 0. The number of anilines is 1. The van der Waals surface area contributed by atoms with Gasteiger partial charge >= 0.3 is 0 Å². The van der Waals surface area contributed by atoms with Crippen LogP contribution in [0.3, 0.4) is 0 Å². The predicted octanol–water partition coefficient (Wildman–Crippen LogP) is 3.24. The fraction of sp³-hybridized carbons (Fsp3) is 0.625. The highest BCUT2D eigenvalue weighted by Crippen LogP contribution is 2.40. The lowest BCUT2D eigenvalue weighted by Crippen LogP contribution is -2.28. The van der Waals surface area contributed by atoms with Gasteiger partial charge in [-0.2, -0.15) is 0 Å². The molecule has 1 aliphatic heterocycles. The molecule has 4 nitrogen and oxygen atoms in total. The minimum absolute atomic E-state index is 0.249. The summed E-state index contributed by atoms with van der Waals surface area (Å²) >= 11 is 0. The van der Waals surface area contributed by atoms with Gasteiger partial charge in [0, 0.05) is 12.1 Å². The van der Waals surface area contributed by atoms with Crippen LogP contribution in [-0.4, -0.2) is 19.3 Å². The van der Waals surface area contributed by atoms with Gasteiger partial charge in [0.05, 0.1) is 11.8 Å². The summed E-state index contributed by atoms with van der Waals surface area (Å²) < 4.78 is 17.2. The largest absolute Gasteiger partial charge is 0.488 e. The molecule has 110 valence electrons. The second-order valence-corrected chi connectivity index (χ2v) is 6.19. The summed E-state index contributed by atoms with van der Waals surface area (Å²) in [7, 11) is 0. The number of nitrogens with two attached hydrogens (primary N) is 1. The lowest BCUT2D eigenvalue weighted by molar-refractivity contribution is 0.101. The van der Waals surface area contributed by atoms with Crippen LogP contribution in [0.2, 0.25) is 0 Å². The molecule has 1 aliphatic carbocycles. The van der Waals surface area contributed by atoms with E-state index in [0.29, 0.717) is 36.5 Å². The van der Waals surface area contributed by atoms with Gasteiger partial charge in [-0.1, -0.05) is 13.8 Å². The molecule has 2 atom stereocenters. The van der Waals surface area contributed by atoms with Gasteiger partial charge in [0.25, 0.3) is 0 Å². The van der Waals surface area contributed by atoms with Crippen molar-refractivity contribution in [3.05, 3.63) is 12.1 Å². The van der Waals surface area contributed by atoms with Crippen molar-refractivity contribution in [1.29, 1.82) is 0 Å². The third-order valence-corrected chi connectivity index (χ3v) is 4.10. The summed E-state index contributed by atoms with van der Waals surface area (Å²) in [5.74, 6) is 3.59. The molecule has 1 aromatic rings. The van der Waals surface area contributed by atoms with Crippen LogP contribution in [-0.2, 0) is 0 Å². The minimum atomic E-state index is 0.249. The maximum Gasteiger partial charge on any atom is 0.165 e. The Kier molecular flexibility index (Phi) is 3.64. The molecule has 1 heterocycles. The van der Waals surface area contributed by atoms with E-state index in [0.717, 1.165) is 24.3 Å². The highest BCUT2D eigenvalue weighted by molar-refractivity contribution is 5.62. The van der Waals surface area contributed by atoms with Crippen LogP contribution in [0, 0.1) is 11.8 Å². The lowest BCUT2D eigenvalue weighted by atomic mass is 9.82. The molecule has 2 N–H and O–H groups in total. The molecule has 4 heteroatoms. The molecule has 1 aromatic carbocycles. The van der Waals surface area contributed by atoms with E-state index in [9.17, 15) is 0 Å². The molecule has 0 amide bonds. The maximum absolute atomic E-state index is 6.13. The Morgan fingerprint density at radius 3 is 2.25 bits per heavy atom. The van der Waals surface area contributed by atoms with E-state index in [1.165, 1.54) is 6.42 Å². The van der Waals surface area contributed by atoms with Gasteiger partial charge in [-0.05, 0) is 31.1 Å². The number of ether oxygens (including phenoxy) is 3. The second-order valence-electron chi connectivity index (χ2n) is 6.19. The van der Waals surface area contributed by atoms with E-state index >= 15 is 0 Å². The Hall–Kier alpha value is -1.58. The van der Waals surface area contributed by atoms with Crippen LogP contribution in [0.5, 0.6) is 17.2 Å². The fourth-order valence-corrected chi connectivity index (χ4v) is 3.34. The summed E-state index contributed by atoms with van der Waals surface area (Å²) in [6.07, 6.45) is 3.73. The van der Waals surface area contributed by atoms with Crippen molar-refractivity contribution in [2.24, 2.45) is 11.8 Å². The number of hydrogen-bond acceptors (Lipinski definition) is 4. The van der Waals surface area contributed by atoms with E-state index in [1.807, 2.05) is 6.07 Å². The first-order chi connectivity index (χ1) is 9.61. The first-order valence-corrected chi connectivity index (χ1v) is 7.47. The highest BCUT2D eigenvalue weighted by Gasteiger charge is 2.26. The zero-order valence-corrected chi connectivity index (χ0v) is 12.2. The van der Waals surface area contributed by atoms with Gasteiger partial charge in [-0.3, -0.25) is 0 Å². The van der Waals surface area contributed by atoms with Crippen LogP contribution < -0.4 is 19.9 Å². The molecule has 2 aliphatic rings. The summed E-state index contributed by atoms with van der Waals surface area (Å²) in [5.41, 5.74) is 6.70. The van der Waals surface area contributed by atoms with Crippen LogP contribution in [0.25, 0.3) is 0 Å². The van der Waals surface area contributed by atoms with E-state index in [1.54, 1.807) is 6.07 Å². The Morgan fingerprint density at radius 1 is 1.00 bits per heavy atom. The normalized spacial score (nSPS) is 29.0. The van der Waals surface area contributed by atoms with E-state index < -0.39 is 0 Å². The standard InChI is InChI=1S/C16H23NO3/c1-10-5-11(2)7-12(6-10)20-14-9-16-15(8-13(14)17)18-3-4-19-16/h8-12H,3-7,17H2,1-2H3. The first kappa shape index (κ1) is 13.4. The lowest BCUT2D eigenvalue weighted by Gasteiger charge is -2.32. The summed E-state index contributed by atoms with van der Waals surface area (Å²) in [6, 6.07) is 3.67. The van der Waals surface area contributed by atoms with E-state index in [-0.39, 0.29) is 6.10 Å². The van der Waals surface area contributed by atoms with Crippen molar-refractivity contribution >= 4 is 5.69 Å². The SMILES string of the molecule is CC1CC(C)CC(Oc2cc3c(cc2N)OCCO3)C1. The van der Waals surface area contributed by atoms with E-state index in [4.69, 9.17) is 19.9 Å². The van der Waals surface area contributed by atoms with Crippen LogP contribution >= 0.6 is 0 Å². The molecule has 0 spiro atoms. The number of benzene rings is 1. The van der Waals surface area contributed by atoms with Crippen molar-refractivity contribution in [3.8, 4) is 17.2 Å². The van der Waals surface area contributed by atoms with Gasteiger partial charge in [0.1, 0.15) is 19.0 Å². The molecule has 0 radical (unpaired) electrons. The Balaban J connectivity index is 1.76. The fourth-order valence-electron chi connectivity index (χ4n) is 3.34. The van der Waals surface area contributed by atoms with Crippen molar-refractivity contribution in [2.75, 3.05) is 18.9 Å². The molecular weight excluding hydrogens is 254 g/mol. The third-order valence-electron chi connectivity index (χ3n) is 4.10. The first-order valence-electron chi connectivity index (χ1n) is 7.47. The van der Waals surface area contributed by atoms with Crippen LogP contribution in [0.15, 0.2) is 12.1 Å². The zero-order chi connectivity index (χ0) is 14.1.